The van der Waals surface area contributed by atoms with Crippen LogP contribution >= 0.6 is 0 Å². The molecule has 2 rings (SSSR count). The average molecular weight is 206 g/mol. The zero-order valence-corrected chi connectivity index (χ0v) is 8.67. The predicted octanol–water partition coefficient (Wildman–Crippen LogP) is 1.24. The third-order valence-corrected chi connectivity index (χ3v) is 2.26. The molecule has 0 aliphatic carbocycles. The SMILES string of the molecule is CCNC(=O)c1cccc2c1OCCN2. The number of fused-ring (bicyclic) bond motifs is 1. The molecule has 0 radical (unpaired) electrons. The molecular formula is C11H14N2O2. The summed E-state index contributed by atoms with van der Waals surface area (Å²) >= 11 is 0. The number of rotatable bonds is 2. The maximum Gasteiger partial charge on any atom is 0.255 e. The lowest BCUT2D eigenvalue weighted by atomic mass is 10.1. The van der Waals surface area contributed by atoms with E-state index in [-0.39, 0.29) is 5.91 Å². The van der Waals surface area contributed by atoms with Gasteiger partial charge >= 0.3 is 0 Å². The van der Waals surface area contributed by atoms with Gasteiger partial charge in [0.05, 0.1) is 11.3 Å². The molecule has 4 heteroatoms. The quantitative estimate of drug-likeness (QED) is 0.765. The van der Waals surface area contributed by atoms with Gasteiger partial charge in [0.1, 0.15) is 6.61 Å². The van der Waals surface area contributed by atoms with Crippen molar-refractivity contribution < 1.29 is 9.53 Å². The Balaban J connectivity index is 2.34. The molecule has 80 valence electrons. The molecular weight excluding hydrogens is 192 g/mol. The van der Waals surface area contributed by atoms with Gasteiger partial charge in [0.15, 0.2) is 5.75 Å². The molecule has 0 saturated carbocycles. The Labute approximate surface area is 88.6 Å². The summed E-state index contributed by atoms with van der Waals surface area (Å²) in [5.74, 6) is 0.577. The minimum atomic E-state index is -0.0851. The molecule has 1 heterocycles. The van der Waals surface area contributed by atoms with Crippen LogP contribution in [0, 0.1) is 0 Å². The molecule has 1 aliphatic rings. The molecule has 15 heavy (non-hydrogen) atoms. The van der Waals surface area contributed by atoms with Crippen LogP contribution in [-0.2, 0) is 0 Å². The van der Waals surface area contributed by atoms with Gasteiger partial charge in [-0.05, 0) is 19.1 Å². The van der Waals surface area contributed by atoms with Crippen LogP contribution in [-0.4, -0.2) is 25.6 Å². The van der Waals surface area contributed by atoms with E-state index in [1.165, 1.54) is 0 Å². The van der Waals surface area contributed by atoms with Gasteiger partial charge in [0.25, 0.3) is 5.91 Å². The van der Waals surface area contributed by atoms with E-state index >= 15 is 0 Å². The highest BCUT2D eigenvalue weighted by Crippen LogP contribution is 2.30. The maximum atomic E-state index is 11.7. The summed E-state index contributed by atoms with van der Waals surface area (Å²) in [5, 5.41) is 5.96. The van der Waals surface area contributed by atoms with E-state index in [0.29, 0.717) is 24.5 Å². The molecule has 0 atom stereocenters. The van der Waals surface area contributed by atoms with Crippen molar-refractivity contribution in [2.75, 3.05) is 25.0 Å². The Hall–Kier alpha value is -1.71. The first-order valence-corrected chi connectivity index (χ1v) is 5.11. The smallest absolute Gasteiger partial charge is 0.255 e. The number of benzene rings is 1. The molecule has 0 bridgehead atoms. The van der Waals surface area contributed by atoms with Crippen molar-refractivity contribution in [3.05, 3.63) is 23.8 Å². The summed E-state index contributed by atoms with van der Waals surface area (Å²) in [7, 11) is 0. The van der Waals surface area contributed by atoms with E-state index < -0.39 is 0 Å². The van der Waals surface area contributed by atoms with Crippen molar-refractivity contribution in [3.8, 4) is 5.75 Å². The summed E-state index contributed by atoms with van der Waals surface area (Å²) in [5.41, 5.74) is 1.49. The third kappa shape index (κ3) is 1.88. The monoisotopic (exact) mass is 206 g/mol. The molecule has 0 aromatic heterocycles. The standard InChI is InChI=1S/C11H14N2O2/c1-2-12-11(14)8-4-3-5-9-10(8)15-7-6-13-9/h3-5,13H,2,6-7H2,1H3,(H,12,14). The highest BCUT2D eigenvalue weighted by molar-refractivity contribution is 5.98. The van der Waals surface area contributed by atoms with Gasteiger partial charge in [0.2, 0.25) is 0 Å². The number of amides is 1. The molecule has 1 aromatic carbocycles. The number of anilines is 1. The average Bonchev–Trinajstić information content (AvgIpc) is 2.28. The van der Waals surface area contributed by atoms with Gasteiger partial charge in [0, 0.05) is 13.1 Å². The lowest BCUT2D eigenvalue weighted by Crippen LogP contribution is -2.26. The summed E-state index contributed by atoms with van der Waals surface area (Å²) in [6, 6.07) is 5.54. The van der Waals surface area contributed by atoms with E-state index in [0.717, 1.165) is 12.2 Å². The zero-order valence-electron chi connectivity index (χ0n) is 8.67. The van der Waals surface area contributed by atoms with Crippen LogP contribution in [0.2, 0.25) is 0 Å². The predicted molar refractivity (Wildman–Crippen MR) is 58.4 cm³/mol. The van der Waals surface area contributed by atoms with Crippen LogP contribution < -0.4 is 15.4 Å². The molecule has 1 aromatic rings. The number of nitrogens with one attached hydrogen (secondary N) is 2. The number of para-hydroxylation sites is 1. The fourth-order valence-corrected chi connectivity index (χ4v) is 1.61. The molecule has 0 spiro atoms. The number of carbonyl (C=O) groups excluding carboxylic acids is 1. The second kappa shape index (κ2) is 4.21. The normalized spacial score (nSPS) is 13.4. The number of hydrogen-bond donors (Lipinski definition) is 2. The van der Waals surface area contributed by atoms with Crippen LogP contribution in [0.3, 0.4) is 0 Å². The Morgan fingerprint density at radius 3 is 3.27 bits per heavy atom. The van der Waals surface area contributed by atoms with E-state index in [1.807, 2.05) is 19.1 Å². The van der Waals surface area contributed by atoms with Crippen molar-refractivity contribution in [2.24, 2.45) is 0 Å². The van der Waals surface area contributed by atoms with Crippen molar-refractivity contribution in [3.63, 3.8) is 0 Å². The van der Waals surface area contributed by atoms with Crippen LogP contribution in [0.15, 0.2) is 18.2 Å². The zero-order chi connectivity index (χ0) is 10.7. The second-order valence-corrected chi connectivity index (χ2v) is 3.32. The fourth-order valence-electron chi connectivity index (χ4n) is 1.61. The Morgan fingerprint density at radius 2 is 2.47 bits per heavy atom. The van der Waals surface area contributed by atoms with E-state index in [9.17, 15) is 4.79 Å². The van der Waals surface area contributed by atoms with E-state index in [1.54, 1.807) is 6.07 Å². The second-order valence-electron chi connectivity index (χ2n) is 3.32. The van der Waals surface area contributed by atoms with Crippen molar-refractivity contribution >= 4 is 11.6 Å². The summed E-state index contributed by atoms with van der Waals surface area (Å²) in [4.78, 5) is 11.7. The van der Waals surface area contributed by atoms with Crippen LogP contribution in [0.4, 0.5) is 5.69 Å². The minimum Gasteiger partial charge on any atom is -0.489 e. The van der Waals surface area contributed by atoms with Gasteiger partial charge in [-0.25, -0.2) is 0 Å². The molecule has 2 N–H and O–H groups in total. The topological polar surface area (TPSA) is 50.4 Å². The number of carbonyl (C=O) groups is 1. The van der Waals surface area contributed by atoms with Gasteiger partial charge in [-0.2, -0.15) is 0 Å². The van der Waals surface area contributed by atoms with Gasteiger partial charge < -0.3 is 15.4 Å². The first kappa shape index (κ1) is 9.83. The Bertz CT molecular complexity index is 377. The number of ether oxygens (including phenoxy) is 1. The first-order valence-electron chi connectivity index (χ1n) is 5.11. The summed E-state index contributed by atoms with van der Waals surface area (Å²) in [6.45, 7) is 3.90. The van der Waals surface area contributed by atoms with Crippen molar-refractivity contribution in [1.82, 2.24) is 5.32 Å². The maximum absolute atomic E-state index is 11.7. The largest absolute Gasteiger partial charge is 0.489 e. The number of hydrogen-bond acceptors (Lipinski definition) is 3. The molecule has 0 saturated heterocycles. The van der Waals surface area contributed by atoms with Gasteiger partial charge in [-0.1, -0.05) is 6.07 Å². The fraction of sp³-hybridized carbons (Fsp3) is 0.364. The highest BCUT2D eigenvalue weighted by atomic mass is 16.5. The van der Waals surface area contributed by atoms with E-state index in [2.05, 4.69) is 10.6 Å². The lowest BCUT2D eigenvalue weighted by molar-refractivity contribution is 0.0951. The molecule has 0 unspecified atom stereocenters. The first-order chi connectivity index (χ1) is 7.33. The molecule has 0 fully saturated rings. The molecule has 4 nitrogen and oxygen atoms in total. The van der Waals surface area contributed by atoms with Crippen molar-refractivity contribution in [2.45, 2.75) is 6.92 Å². The molecule has 1 amide bonds. The Kier molecular flexibility index (Phi) is 2.76. The third-order valence-electron chi connectivity index (χ3n) is 2.26. The Morgan fingerprint density at radius 1 is 1.60 bits per heavy atom. The van der Waals surface area contributed by atoms with Gasteiger partial charge in [-0.15, -0.1) is 0 Å². The van der Waals surface area contributed by atoms with E-state index in [4.69, 9.17) is 4.74 Å². The van der Waals surface area contributed by atoms with Crippen molar-refractivity contribution in [1.29, 1.82) is 0 Å². The lowest BCUT2D eigenvalue weighted by Gasteiger charge is -2.21. The van der Waals surface area contributed by atoms with Crippen LogP contribution in [0.5, 0.6) is 5.75 Å². The summed E-state index contributed by atoms with van der Waals surface area (Å²) < 4.78 is 5.50. The molecule has 1 aliphatic heterocycles. The van der Waals surface area contributed by atoms with Gasteiger partial charge in [-0.3, -0.25) is 4.79 Å². The summed E-state index contributed by atoms with van der Waals surface area (Å²) in [6.07, 6.45) is 0. The minimum absolute atomic E-state index is 0.0851. The van der Waals surface area contributed by atoms with Crippen LogP contribution in [0.25, 0.3) is 0 Å². The highest BCUT2D eigenvalue weighted by Gasteiger charge is 2.17. The van der Waals surface area contributed by atoms with Crippen LogP contribution in [0.1, 0.15) is 17.3 Å².